The van der Waals surface area contributed by atoms with Crippen molar-refractivity contribution < 1.29 is 14.1 Å². The summed E-state index contributed by atoms with van der Waals surface area (Å²) in [5.41, 5.74) is 3.04. The predicted octanol–water partition coefficient (Wildman–Crippen LogP) is 4.24. The van der Waals surface area contributed by atoms with Crippen molar-refractivity contribution in [3.8, 4) is 10.6 Å². The standard InChI is InChI=1S/C19H14N2O3S/c22-18(10-16-15-8-4-5-9-17(15)24-21-16)23-11-14-12-25-19(20-14)13-6-2-1-3-7-13/h1-9,12H,10-11H2. The molecule has 0 saturated heterocycles. The average Bonchev–Trinajstić information content (AvgIpc) is 3.28. The number of thiazole rings is 1. The molecule has 0 amide bonds. The van der Waals surface area contributed by atoms with Gasteiger partial charge >= 0.3 is 5.97 Å². The summed E-state index contributed by atoms with van der Waals surface area (Å²) in [7, 11) is 0. The van der Waals surface area contributed by atoms with E-state index in [-0.39, 0.29) is 19.0 Å². The Morgan fingerprint density at radius 2 is 1.88 bits per heavy atom. The summed E-state index contributed by atoms with van der Waals surface area (Å²) < 4.78 is 10.5. The van der Waals surface area contributed by atoms with Crippen LogP contribution in [0.4, 0.5) is 0 Å². The fraction of sp³-hybridized carbons (Fsp3) is 0.105. The third-order valence-electron chi connectivity index (χ3n) is 3.72. The fourth-order valence-electron chi connectivity index (χ4n) is 2.49. The Morgan fingerprint density at radius 3 is 2.76 bits per heavy atom. The molecule has 0 aliphatic heterocycles. The van der Waals surface area contributed by atoms with Gasteiger partial charge in [-0.15, -0.1) is 11.3 Å². The molecule has 2 aromatic heterocycles. The van der Waals surface area contributed by atoms with Gasteiger partial charge in [-0.2, -0.15) is 0 Å². The highest BCUT2D eigenvalue weighted by atomic mass is 32.1. The SMILES string of the molecule is O=C(Cc1noc2ccccc12)OCc1csc(-c2ccccc2)n1. The van der Waals surface area contributed by atoms with Crippen LogP contribution < -0.4 is 0 Å². The van der Waals surface area contributed by atoms with E-state index in [0.717, 1.165) is 21.7 Å². The van der Waals surface area contributed by atoms with Crippen LogP contribution in [-0.4, -0.2) is 16.1 Å². The molecular formula is C19H14N2O3S. The van der Waals surface area contributed by atoms with Crippen molar-refractivity contribution in [1.29, 1.82) is 0 Å². The maximum Gasteiger partial charge on any atom is 0.312 e. The van der Waals surface area contributed by atoms with E-state index in [1.54, 1.807) is 0 Å². The minimum Gasteiger partial charge on any atom is -0.459 e. The number of carbonyl (C=O) groups is 1. The van der Waals surface area contributed by atoms with E-state index < -0.39 is 0 Å². The summed E-state index contributed by atoms with van der Waals surface area (Å²) in [6, 6.07) is 17.4. The van der Waals surface area contributed by atoms with Gasteiger partial charge in [-0.25, -0.2) is 4.98 Å². The quantitative estimate of drug-likeness (QED) is 0.504. The summed E-state index contributed by atoms with van der Waals surface area (Å²) in [6.45, 7) is 0.151. The molecular weight excluding hydrogens is 336 g/mol. The second-order valence-electron chi connectivity index (χ2n) is 5.47. The number of benzene rings is 2. The number of carbonyl (C=O) groups excluding carboxylic acids is 1. The first kappa shape index (κ1) is 15.5. The van der Waals surface area contributed by atoms with E-state index in [1.165, 1.54) is 11.3 Å². The highest BCUT2D eigenvalue weighted by Gasteiger charge is 2.14. The second-order valence-corrected chi connectivity index (χ2v) is 6.33. The Hall–Kier alpha value is -2.99. The number of para-hydroxylation sites is 1. The van der Waals surface area contributed by atoms with E-state index in [1.807, 2.05) is 60.0 Å². The van der Waals surface area contributed by atoms with Gasteiger partial charge in [0.05, 0.1) is 12.1 Å². The van der Waals surface area contributed by atoms with Crippen LogP contribution in [0.2, 0.25) is 0 Å². The summed E-state index contributed by atoms with van der Waals surface area (Å²) in [6.07, 6.45) is 0.0761. The van der Waals surface area contributed by atoms with Crippen LogP contribution in [0.3, 0.4) is 0 Å². The number of fused-ring (bicyclic) bond motifs is 1. The van der Waals surface area contributed by atoms with E-state index in [4.69, 9.17) is 9.26 Å². The Balaban J connectivity index is 1.38. The average molecular weight is 350 g/mol. The molecule has 124 valence electrons. The number of ether oxygens (including phenoxy) is 1. The van der Waals surface area contributed by atoms with Gasteiger partial charge in [-0.3, -0.25) is 4.79 Å². The molecule has 0 N–H and O–H groups in total. The van der Waals surface area contributed by atoms with Crippen LogP contribution in [0.5, 0.6) is 0 Å². The van der Waals surface area contributed by atoms with E-state index in [9.17, 15) is 4.79 Å². The van der Waals surface area contributed by atoms with Gasteiger partial charge in [0, 0.05) is 16.3 Å². The molecule has 0 unspecified atom stereocenters. The molecule has 25 heavy (non-hydrogen) atoms. The molecule has 0 aliphatic rings. The molecule has 5 nitrogen and oxygen atoms in total. The van der Waals surface area contributed by atoms with Gasteiger partial charge in [-0.1, -0.05) is 47.6 Å². The molecule has 0 atom stereocenters. The highest BCUT2D eigenvalue weighted by molar-refractivity contribution is 7.13. The maximum atomic E-state index is 12.1. The van der Waals surface area contributed by atoms with Crippen LogP contribution in [0.25, 0.3) is 21.5 Å². The third-order valence-corrected chi connectivity index (χ3v) is 4.66. The van der Waals surface area contributed by atoms with Crippen LogP contribution in [0.1, 0.15) is 11.4 Å². The predicted molar refractivity (Wildman–Crippen MR) is 95.1 cm³/mol. The molecule has 2 aromatic carbocycles. The molecule has 6 heteroatoms. The minimum absolute atomic E-state index is 0.0761. The number of nitrogens with zero attached hydrogens (tertiary/aromatic N) is 2. The van der Waals surface area contributed by atoms with Crippen LogP contribution >= 0.6 is 11.3 Å². The van der Waals surface area contributed by atoms with Crippen molar-refractivity contribution in [1.82, 2.24) is 10.1 Å². The molecule has 2 heterocycles. The van der Waals surface area contributed by atoms with Crippen molar-refractivity contribution in [3.63, 3.8) is 0 Å². The van der Waals surface area contributed by atoms with E-state index >= 15 is 0 Å². The lowest BCUT2D eigenvalue weighted by Gasteiger charge is -2.01. The lowest BCUT2D eigenvalue weighted by atomic mass is 10.2. The van der Waals surface area contributed by atoms with Crippen molar-refractivity contribution in [2.75, 3.05) is 0 Å². The molecule has 4 rings (SSSR count). The van der Waals surface area contributed by atoms with E-state index in [0.29, 0.717) is 11.3 Å². The maximum absolute atomic E-state index is 12.1. The summed E-state index contributed by atoms with van der Waals surface area (Å²) in [5, 5.41) is 7.59. The number of hydrogen-bond acceptors (Lipinski definition) is 6. The minimum atomic E-state index is -0.353. The summed E-state index contributed by atoms with van der Waals surface area (Å²) in [4.78, 5) is 16.6. The lowest BCUT2D eigenvalue weighted by molar-refractivity contribution is -0.144. The van der Waals surface area contributed by atoms with Crippen LogP contribution in [0.15, 0.2) is 64.5 Å². The molecule has 0 bridgehead atoms. The Labute approximate surface area is 147 Å². The summed E-state index contributed by atoms with van der Waals surface area (Å²) in [5.74, 6) is -0.353. The number of rotatable bonds is 5. The molecule has 0 saturated carbocycles. The fourth-order valence-corrected chi connectivity index (χ4v) is 3.30. The molecule has 0 radical (unpaired) electrons. The van der Waals surface area contributed by atoms with Crippen molar-refractivity contribution in [2.45, 2.75) is 13.0 Å². The monoisotopic (exact) mass is 350 g/mol. The van der Waals surface area contributed by atoms with Gasteiger partial charge in [0.1, 0.15) is 17.3 Å². The molecule has 4 aromatic rings. The zero-order valence-corrected chi connectivity index (χ0v) is 14.0. The first-order valence-corrected chi connectivity index (χ1v) is 8.66. The molecule has 0 aliphatic carbocycles. The van der Waals surface area contributed by atoms with Gasteiger partial charge in [-0.05, 0) is 12.1 Å². The second kappa shape index (κ2) is 6.86. The first-order chi connectivity index (χ1) is 12.3. The third kappa shape index (κ3) is 3.44. The smallest absolute Gasteiger partial charge is 0.312 e. The number of aromatic nitrogens is 2. The number of esters is 1. The van der Waals surface area contributed by atoms with Crippen molar-refractivity contribution in [2.24, 2.45) is 0 Å². The van der Waals surface area contributed by atoms with Crippen molar-refractivity contribution >= 4 is 28.3 Å². The normalized spacial score (nSPS) is 10.9. The largest absolute Gasteiger partial charge is 0.459 e. The highest BCUT2D eigenvalue weighted by Crippen LogP contribution is 2.24. The van der Waals surface area contributed by atoms with Gasteiger partial charge < -0.3 is 9.26 Å². The Kier molecular flexibility index (Phi) is 4.26. The molecule has 0 spiro atoms. The Bertz CT molecular complexity index is 1010. The van der Waals surface area contributed by atoms with Gasteiger partial charge in [0.25, 0.3) is 0 Å². The van der Waals surface area contributed by atoms with Crippen LogP contribution in [-0.2, 0) is 22.6 Å². The zero-order valence-electron chi connectivity index (χ0n) is 13.2. The Morgan fingerprint density at radius 1 is 1.08 bits per heavy atom. The summed E-state index contributed by atoms with van der Waals surface area (Å²) >= 11 is 1.53. The van der Waals surface area contributed by atoms with Crippen LogP contribution in [0, 0.1) is 0 Å². The van der Waals surface area contributed by atoms with Crippen molar-refractivity contribution in [3.05, 3.63) is 71.4 Å². The first-order valence-electron chi connectivity index (χ1n) is 7.78. The van der Waals surface area contributed by atoms with Gasteiger partial charge in [0.2, 0.25) is 0 Å². The molecule has 0 fully saturated rings. The van der Waals surface area contributed by atoms with E-state index in [2.05, 4.69) is 10.1 Å². The zero-order chi connectivity index (χ0) is 17.1. The number of hydrogen-bond donors (Lipinski definition) is 0. The van der Waals surface area contributed by atoms with Gasteiger partial charge in [0.15, 0.2) is 5.58 Å². The topological polar surface area (TPSA) is 65.2 Å². The lowest BCUT2D eigenvalue weighted by Crippen LogP contribution is -2.08.